The van der Waals surface area contributed by atoms with Crippen molar-refractivity contribution in [1.29, 1.82) is 0 Å². The molecular formula is C29H32F2N6O2. The van der Waals surface area contributed by atoms with E-state index in [2.05, 4.69) is 10.4 Å². The highest BCUT2D eigenvalue weighted by Crippen LogP contribution is 2.43. The first-order valence-electron chi connectivity index (χ1n) is 13.4. The molecule has 0 atom stereocenters. The van der Waals surface area contributed by atoms with Gasteiger partial charge in [0.15, 0.2) is 0 Å². The molecule has 2 aliphatic heterocycles. The third kappa shape index (κ3) is 4.46. The van der Waals surface area contributed by atoms with Crippen LogP contribution in [0.3, 0.4) is 0 Å². The standard InChI is InChI=1S/C29H32F2N6O2/c1-17-11-23-25(35(2)29(17)38)14-26(39-3)34-28(23)36-10-4-5-18-12-21(22(27(30)31)13-24(18)36)19-15-33-37(16-19)20-6-8-32-9-7-20/h11-16,20,27,32H,4-10H2,1-3H3. The summed E-state index contributed by atoms with van der Waals surface area (Å²) in [7, 11) is 3.25. The third-order valence-electron chi connectivity index (χ3n) is 8.02. The Labute approximate surface area is 225 Å². The van der Waals surface area contributed by atoms with Crippen molar-refractivity contribution >= 4 is 22.4 Å². The minimum absolute atomic E-state index is 0.0266. The Morgan fingerprint density at radius 3 is 2.69 bits per heavy atom. The van der Waals surface area contributed by atoms with Gasteiger partial charge in [0.05, 0.1) is 24.9 Å². The highest BCUT2D eigenvalue weighted by Gasteiger charge is 2.28. The number of aryl methyl sites for hydroxylation is 3. The predicted molar refractivity (Wildman–Crippen MR) is 147 cm³/mol. The number of ether oxygens (including phenoxy) is 1. The highest BCUT2D eigenvalue weighted by molar-refractivity contribution is 5.94. The molecule has 0 bridgehead atoms. The largest absolute Gasteiger partial charge is 0.481 e. The van der Waals surface area contributed by atoms with Gasteiger partial charge in [-0.05, 0) is 75.0 Å². The zero-order valence-electron chi connectivity index (χ0n) is 22.4. The van der Waals surface area contributed by atoms with Gasteiger partial charge in [-0.25, -0.2) is 8.78 Å². The number of methoxy groups -OCH3 is 1. The summed E-state index contributed by atoms with van der Waals surface area (Å²) in [5.74, 6) is 0.954. The summed E-state index contributed by atoms with van der Waals surface area (Å²) >= 11 is 0. The molecule has 0 radical (unpaired) electrons. The van der Waals surface area contributed by atoms with Crippen LogP contribution in [-0.4, -0.2) is 46.1 Å². The Hall–Kier alpha value is -3.79. The first-order chi connectivity index (χ1) is 18.9. The zero-order chi connectivity index (χ0) is 27.3. The van der Waals surface area contributed by atoms with Crippen molar-refractivity contribution in [3.63, 3.8) is 0 Å². The number of piperidine rings is 1. The van der Waals surface area contributed by atoms with Crippen LogP contribution >= 0.6 is 0 Å². The SMILES string of the molecule is COc1cc2c(cc(C)c(=O)n2C)c(N2CCCc3cc(-c4cnn(C5CCNCC5)c4)c(C(F)F)cc32)n1. The zero-order valence-corrected chi connectivity index (χ0v) is 22.4. The second kappa shape index (κ2) is 10.1. The van der Waals surface area contributed by atoms with Gasteiger partial charge in [0.1, 0.15) is 5.82 Å². The third-order valence-corrected chi connectivity index (χ3v) is 8.02. The number of aromatic nitrogens is 4. The molecule has 8 nitrogen and oxygen atoms in total. The second-order valence-corrected chi connectivity index (χ2v) is 10.4. The van der Waals surface area contributed by atoms with E-state index in [4.69, 9.17) is 9.72 Å². The lowest BCUT2D eigenvalue weighted by Gasteiger charge is -2.32. The first-order valence-corrected chi connectivity index (χ1v) is 13.4. The van der Waals surface area contributed by atoms with Crippen molar-refractivity contribution in [3.8, 4) is 17.0 Å². The fourth-order valence-electron chi connectivity index (χ4n) is 5.93. The van der Waals surface area contributed by atoms with E-state index in [0.29, 0.717) is 46.1 Å². The summed E-state index contributed by atoms with van der Waals surface area (Å²) in [6.07, 6.45) is 4.49. The molecule has 1 saturated heterocycles. The van der Waals surface area contributed by atoms with Crippen LogP contribution in [0.5, 0.6) is 5.88 Å². The van der Waals surface area contributed by atoms with Crippen LogP contribution in [-0.2, 0) is 13.5 Å². The number of rotatable bonds is 5. The average molecular weight is 535 g/mol. The molecule has 39 heavy (non-hydrogen) atoms. The summed E-state index contributed by atoms with van der Waals surface area (Å²) in [6, 6.07) is 7.34. The smallest absolute Gasteiger partial charge is 0.264 e. The Kier molecular flexibility index (Phi) is 6.58. The quantitative estimate of drug-likeness (QED) is 0.386. The van der Waals surface area contributed by atoms with Crippen molar-refractivity contribution in [2.45, 2.75) is 45.1 Å². The minimum atomic E-state index is -2.66. The number of nitrogens with one attached hydrogen (secondary N) is 1. The van der Waals surface area contributed by atoms with Crippen molar-refractivity contribution in [2.24, 2.45) is 7.05 Å². The number of benzene rings is 1. The lowest BCUT2D eigenvalue weighted by molar-refractivity contribution is 0.152. The van der Waals surface area contributed by atoms with Gasteiger partial charge in [-0.1, -0.05) is 0 Å². The Balaban J connectivity index is 1.49. The molecule has 4 aromatic rings. The maximum absolute atomic E-state index is 14.6. The molecule has 3 aromatic heterocycles. The molecule has 0 amide bonds. The van der Waals surface area contributed by atoms with Gasteiger partial charge in [0.2, 0.25) is 5.88 Å². The van der Waals surface area contributed by atoms with Crippen LogP contribution in [0, 0.1) is 6.92 Å². The van der Waals surface area contributed by atoms with E-state index in [1.807, 2.05) is 27.9 Å². The van der Waals surface area contributed by atoms with E-state index >= 15 is 0 Å². The number of halogens is 2. The molecule has 10 heteroatoms. The molecule has 1 N–H and O–H groups in total. The fourth-order valence-corrected chi connectivity index (χ4v) is 5.93. The highest BCUT2D eigenvalue weighted by atomic mass is 19.3. The predicted octanol–water partition coefficient (Wildman–Crippen LogP) is 5.06. The number of alkyl halides is 2. The molecule has 0 saturated carbocycles. The van der Waals surface area contributed by atoms with E-state index in [-0.39, 0.29) is 17.2 Å². The van der Waals surface area contributed by atoms with E-state index in [0.717, 1.165) is 49.7 Å². The maximum atomic E-state index is 14.6. The van der Waals surface area contributed by atoms with Crippen LogP contribution < -0.4 is 20.5 Å². The molecule has 1 fully saturated rings. The van der Waals surface area contributed by atoms with Gasteiger partial charge in [0, 0.05) is 53.6 Å². The van der Waals surface area contributed by atoms with Crippen molar-refractivity contribution < 1.29 is 13.5 Å². The van der Waals surface area contributed by atoms with E-state index in [9.17, 15) is 13.6 Å². The number of hydrogen-bond acceptors (Lipinski definition) is 6. The summed E-state index contributed by atoms with van der Waals surface area (Å²) < 4.78 is 38.1. The maximum Gasteiger partial charge on any atom is 0.264 e. The summed E-state index contributed by atoms with van der Waals surface area (Å²) in [5, 5.41) is 8.67. The van der Waals surface area contributed by atoms with Crippen LogP contribution in [0.2, 0.25) is 0 Å². The van der Waals surface area contributed by atoms with Crippen molar-refractivity contribution in [2.75, 3.05) is 31.6 Å². The van der Waals surface area contributed by atoms with Gasteiger partial charge < -0.3 is 19.5 Å². The van der Waals surface area contributed by atoms with E-state index < -0.39 is 6.43 Å². The van der Waals surface area contributed by atoms with Gasteiger partial charge in [-0.15, -0.1) is 0 Å². The first kappa shape index (κ1) is 25.5. The summed E-state index contributed by atoms with van der Waals surface area (Å²) in [5.41, 5.74) is 4.05. The molecule has 1 aromatic carbocycles. The Morgan fingerprint density at radius 1 is 1.15 bits per heavy atom. The van der Waals surface area contributed by atoms with Gasteiger partial charge in [-0.3, -0.25) is 9.48 Å². The van der Waals surface area contributed by atoms with Gasteiger partial charge >= 0.3 is 0 Å². The van der Waals surface area contributed by atoms with Crippen LogP contribution in [0.25, 0.3) is 22.0 Å². The number of nitrogens with zero attached hydrogens (tertiary/aromatic N) is 5. The topological polar surface area (TPSA) is 77.2 Å². The second-order valence-electron chi connectivity index (χ2n) is 10.4. The molecule has 0 spiro atoms. The Bertz CT molecular complexity index is 1610. The van der Waals surface area contributed by atoms with Crippen LogP contribution in [0.4, 0.5) is 20.3 Å². The average Bonchev–Trinajstić information content (AvgIpc) is 3.45. The molecule has 5 heterocycles. The monoisotopic (exact) mass is 534 g/mol. The summed E-state index contributed by atoms with van der Waals surface area (Å²) in [6.45, 7) is 4.24. The number of pyridine rings is 2. The van der Waals surface area contributed by atoms with Gasteiger partial charge in [-0.2, -0.15) is 10.1 Å². The molecule has 2 aliphatic rings. The van der Waals surface area contributed by atoms with E-state index in [1.54, 1.807) is 36.9 Å². The van der Waals surface area contributed by atoms with Crippen molar-refractivity contribution in [3.05, 3.63) is 63.7 Å². The number of hydrogen-bond donors (Lipinski definition) is 1. The molecule has 6 rings (SSSR count). The van der Waals surface area contributed by atoms with Crippen molar-refractivity contribution in [1.82, 2.24) is 24.6 Å². The summed E-state index contributed by atoms with van der Waals surface area (Å²) in [4.78, 5) is 19.4. The Morgan fingerprint density at radius 2 is 1.95 bits per heavy atom. The number of fused-ring (bicyclic) bond motifs is 2. The number of anilines is 2. The van der Waals surface area contributed by atoms with Crippen LogP contribution in [0.1, 0.15) is 48.4 Å². The molecule has 0 aliphatic carbocycles. The lowest BCUT2D eigenvalue weighted by Crippen LogP contribution is -2.29. The molecule has 204 valence electrons. The lowest BCUT2D eigenvalue weighted by atomic mass is 9.93. The van der Waals surface area contributed by atoms with E-state index in [1.165, 1.54) is 7.11 Å². The normalized spacial score (nSPS) is 16.2. The molecule has 0 unspecified atom stereocenters. The van der Waals surface area contributed by atoms with Gasteiger partial charge in [0.25, 0.3) is 12.0 Å². The van der Waals surface area contributed by atoms with Crippen LogP contribution in [0.15, 0.2) is 41.5 Å². The molecular weight excluding hydrogens is 502 g/mol. The minimum Gasteiger partial charge on any atom is -0.481 e. The fraction of sp³-hybridized carbons (Fsp3) is 0.414.